The smallest absolute Gasteiger partial charge is 0.240 e. The Hall–Kier alpha value is -1.89. The van der Waals surface area contributed by atoms with E-state index < -0.39 is 10.0 Å². The van der Waals surface area contributed by atoms with Crippen molar-refractivity contribution in [3.05, 3.63) is 54.6 Å². The van der Waals surface area contributed by atoms with Crippen molar-refractivity contribution in [3.8, 4) is 11.5 Å². The zero-order valence-corrected chi connectivity index (χ0v) is 17.3. The van der Waals surface area contributed by atoms with Crippen LogP contribution in [0.1, 0.15) is 39.0 Å². The molecule has 1 atom stereocenters. The van der Waals surface area contributed by atoms with Gasteiger partial charge in [0.1, 0.15) is 11.5 Å². The van der Waals surface area contributed by atoms with Crippen molar-refractivity contribution >= 4 is 10.0 Å². The van der Waals surface area contributed by atoms with Gasteiger partial charge in [-0.2, -0.15) is 0 Å². The molecule has 0 spiro atoms. The molecule has 0 bridgehead atoms. The van der Waals surface area contributed by atoms with E-state index in [-0.39, 0.29) is 4.90 Å². The highest BCUT2D eigenvalue weighted by molar-refractivity contribution is 7.89. The summed E-state index contributed by atoms with van der Waals surface area (Å²) in [6.45, 7) is 4.77. The first kappa shape index (κ1) is 20.8. The Morgan fingerprint density at radius 2 is 1.75 bits per heavy atom. The molecule has 0 aromatic heterocycles. The van der Waals surface area contributed by atoms with Crippen molar-refractivity contribution in [2.24, 2.45) is 0 Å². The summed E-state index contributed by atoms with van der Waals surface area (Å²) in [5.74, 6) is 1.33. The summed E-state index contributed by atoms with van der Waals surface area (Å²) in [7, 11) is -3.50. The quantitative estimate of drug-likeness (QED) is 0.631. The lowest BCUT2D eigenvalue weighted by atomic mass is 10.00. The van der Waals surface area contributed by atoms with Gasteiger partial charge in [-0.1, -0.05) is 31.5 Å². The van der Waals surface area contributed by atoms with E-state index >= 15 is 0 Å². The number of nitrogens with zero attached hydrogens (tertiary/aromatic N) is 1. The van der Waals surface area contributed by atoms with Gasteiger partial charge in [0.2, 0.25) is 10.0 Å². The third-order valence-corrected chi connectivity index (χ3v) is 6.72. The van der Waals surface area contributed by atoms with E-state index in [0.29, 0.717) is 18.3 Å². The highest BCUT2D eigenvalue weighted by Crippen LogP contribution is 2.23. The zero-order chi connectivity index (χ0) is 19.8. The van der Waals surface area contributed by atoms with Gasteiger partial charge in [0, 0.05) is 12.6 Å². The third-order valence-electron chi connectivity index (χ3n) is 5.25. The lowest BCUT2D eigenvalue weighted by Gasteiger charge is -2.35. The summed E-state index contributed by atoms with van der Waals surface area (Å²) >= 11 is 0. The minimum absolute atomic E-state index is 0.261. The van der Waals surface area contributed by atoms with E-state index in [4.69, 9.17) is 4.74 Å². The molecule has 1 unspecified atom stereocenters. The normalized spacial score (nSPS) is 18.1. The Bertz CT molecular complexity index is 823. The summed E-state index contributed by atoms with van der Waals surface area (Å²) in [6.07, 6.45) is 5.82. The molecular formula is C22H30N2O3S. The molecule has 1 aliphatic heterocycles. The molecule has 0 amide bonds. The lowest BCUT2D eigenvalue weighted by molar-refractivity contribution is 0.143. The van der Waals surface area contributed by atoms with E-state index in [1.807, 2.05) is 30.3 Å². The van der Waals surface area contributed by atoms with Crippen molar-refractivity contribution in [1.29, 1.82) is 0 Å². The number of hydrogen-bond acceptors (Lipinski definition) is 4. The van der Waals surface area contributed by atoms with Crippen LogP contribution in [0.2, 0.25) is 0 Å². The monoisotopic (exact) mass is 402 g/mol. The van der Waals surface area contributed by atoms with Crippen LogP contribution >= 0.6 is 0 Å². The van der Waals surface area contributed by atoms with E-state index in [9.17, 15) is 8.42 Å². The molecule has 1 heterocycles. The van der Waals surface area contributed by atoms with E-state index in [0.717, 1.165) is 25.3 Å². The van der Waals surface area contributed by atoms with Gasteiger partial charge in [-0.3, -0.25) is 0 Å². The Kier molecular flexibility index (Phi) is 7.48. The second-order valence-corrected chi connectivity index (χ2v) is 9.00. The van der Waals surface area contributed by atoms with Gasteiger partial charge in [-0.25, -0.2) is 13.1 Å². The predicted molar refractivity (Wildman–Crippen MR) is 112 cm³/mol. The number of nitrogens with one attached hydrogen (secondary N) is 1. The van der Waals surface area contributed by atoms with Gasteiger partial charge in [0.15, 0.2) is 0 Å². The maximum Gasteiger partial charge on any atom is 0.240 e. The molecule has 1 fully saturated rings. The van der Waals surface area contributed by atoms with Crippen LogP contribution in [-0.2, 0) is 10.0 Å². The summed E-state index contributed by atoms with van der Waals surface area (Å²) in [6, 6.07) is 16.6. The molecule has 28 heavy (non-hydrogen) atoms. The first-order chi connectivity index (χ1) is 13.6. The van der Waals surface area contributed by atoms with Crippen LogP contribution in [0.5, 0.6) is 11.5 Å². The second kappa shape index (κ2) is 10.0. The summed E-state index contributed by atoms with van der Waals surface area (Å²) < 4.78 is 33.4. The van der Waals surface area contributed by atoms with Gasteiger partial charge in [0.05, 0.1) is 4.90 Å². The summed E-state index contributed by atoms with van der Waals surface area (Å²) in [5, 5.41) is 0. The van der Waals surface area contributed by atoms with Gasteiger partial charge in [0.25, 0.3) is 0 Å². The Morgan fingerprint density at radius 3 is 2.46 bits per heavy atom. The maximum absolute atomic E-state index is 12.5. The Labute approximate surface area is 168 Å². The number of para-hydroxylation sites is 1. The van der Waals surface area contributed by atoms with E-state index in [2.05, 4.69) is 16.5 Å². The molecule has 2 aromatic carbocycles. The van der Waals surface area contributed by atoms with Crippen LogP contribution in [0.3, 0.4) is 0 Å². The van der Waals surface area contributed by atoms with Crippen LogP contribution in [0, 0.1) is 0 Å². The fourth-order valence-corrected chi connectivity index (χ4v) is 4.77. The van der Waals surface area contributed by atoms with E-state index in [1.165, 1.54) is 25.7 Å². The molecule has 3 rings (SSSR count). The Morgan fingerprint density at radius 1 is 1.04 bits per heavy atom. The van der Waals surface area contributed by atoms with Gasteiger partial charge >= 0.3 is 0 Å². The number of ether oxygens (including phenoxy) is 1. The van der Waals surface area contributed by atoms with Crippen LogP contribution < -0.4 is 9.46 Å². The molecule has 0 aliphatic carbocycles. The largest absolute Gasteiger partial charge is 0.457 e. The maximum atomic E-state index is 12.5. The van der Waals surface area contributed by atoms with Gasteiger partial charge in [-0.15, -0.1) is 0 Å². The molecule has 2 aromatic rings. The van der Waals surface area contributed by atoms with Crippen LogP contribution in [-0.4, -0.2) is 39.0 Å². The average molecular weight is 403 g/mol. The predicted octanol–water partition coefficient (Wildman–Crippen LogP) is 4.41. The molecule has 6 heteroatoms. The molecular weight excluding hydrogens is 372 g/mol. The fourth-order valence-electron chi connectivity index (χ4n) is 3.70. The van der Waals surface area contributed by atoms with Crippen molar-refractivity contribution < 1.29 is 13.2 Å². The zero-order valence-electron chi connectivity index (χ0n) is 16.5. The van der Waals surface area contributed by atoms with Crippen molar-refractivity contribution in [2.45, 2.75) is 50.0 Å². The topological polar surface area (TPSA) is 58.6 Å². The number of rotatable bonds is 9. The van der Waals surface area contributed by atoms with Crippen molar-refractivity contribution in [2.75, 3.05) is 19.6 Å². The third kappa shape index (κ3) is 5.80. The standard InChI is InChI=1S/C22H30N2O3S/c1-2-19-9-6-7-17-24(19)18-8-16-23-28(25,26)22-14-12-21(13-15-22)27-20-10-4-3-5-11-20/h3-5,10-15,19,23H,2,6-9,16-18H2,1H3. The van der Waals surface area contributed by atoms with Crippen LogP contribution in [0.25, 0.3) is 0 Å². The molecule has 1 aliphatic rings. The van der Waals surface area contributed by atoms with Gasteiger partial charge < -0.3 is 9.64 Å². The molecule has 152 valence electrons. The molecule has 0 saturated carbocycles. The summed E-state index contributed by atoms with van der Waals surface area (Å²) in [5.41, 5.74) is 0. The van der Waals surface area contributed by atoms with Crippen molar-refractivity contribution in [1.82, 2.24) is 9.62 Å². The summed E-state index contributed by atoms with van der Waals surface area (Å²) in [4.78, 5) is 2.77. The molecule has 1 saturated heterocycles. The van der Waals surface area contributed by atoms with Gasteiger partial charge in [-0.05, 0) is 75.2 Å². The SMILES string of the molecule is CCC1CCCCN1CCCNS(=O)(=O)c1ccc(Oc2ccccc2)cc1. The Balaban J connectivity index is 1.48. The lowest BCUT2D eigenvalue weighted by Crippen LogP contribution is -2.40. The number of piperidine rings is 1. The number of hydrogen-bond donors (Lipinski definition) is 1. The highest BCUT2D eigenvalue weighted by atomic mass is 32.2. The van der Waals surface area contributed by atoms with E-state index in [1.54, 1.807) is 24.3 Å². The number of benzene rings is 2. The first-order valence-corrected chi connectivity index (χ1v) is 11.6. The second-order valence-electron chi connectivity index (χ2n) is 7.23. The number of sulfonamides is 1. The molecule has 5 nitrogen and oxygen atoms in total. The fraction of sp³-hybridized carbons (Fsp3) is 0.455. The average Bonchev–Trinajstić information content (AvgIpc) is 2.73. The highest BCUT2D eigenvalue weighted by Gasteiger charge is 2.20. The van der Waals surface area contributed by atoms with Crippen molar-refractivity contribution in [3.63, 3.8) is 0 Å². The minimum Gasteiger partial charge on any atom is -0.457 e. The molecule has 1 N–H and O–H groups in total. The van der Waals surface area contributed by atoms with Crippen LogP contribution in [0.4, 0.5) is 0 Å². The van der Waals surface area contributed by atoms with Crippen LogP contribution in [0.15, 0.2) is 59.5 Å². The first-order valence-electron chi connectivity index (χ1n) is 10.1. The number of likely N-dealkylation sites (tertiary alicyclic amines) is 1. The minimum atomic E-state index is -3.50. The molecule has 0 radical (unpaired) electrons.